The molecule has 0 fully saturated rings. The average molecular weight is 221 g/mol. The summed E-state index contributed by atoms with van der Waals surface area (Å²) >= 11 is -2.88. The first-order chi connectivity index (χ1) is 6.56. The summed E-state index contributed by atoms with van der Waals surface area (Å²) in [7, 11) is 0. The lowest BCUT2D eigenvalue weighted by Gasteiger charge is -2.04. The van der Waals surface area contributed by atoms with Crippen LogP contribution in [0.3, 0.4) is 0 Å². The molecule has 0 amide bonds. The van der Waals surface area contributed by atoms with E-state index in [0.29, 0.717) is 0 Å². The standard InChI is InChI=1S/C7H10O6S/c1-2-5-12-6(8)3-4-7(9)13-14(10)11/h2H,1,3-5H2,(H,10,11)/p-1. The maximum absolute atomic E-state index is 10.8. The van der Waals surface area contributed by atoms with Crippen LogP contribution >= 0.6 is 0 Å². The molecule has 0 N–H and O–H groups in total. The van der Waals surface area contributed by atoms with Gasteiger partial charge in [0, 0.05) is 0 Å². The van der Waals surface area contributed by atoms with Crippen LogP contribution in [0.4, 0.5) is 0 Å². The van der Waals surface area contributed by atoms with Gasteiger partial charge in [0.05, 0.1) is 12.8 Å². The molecule has 0 aliphatic carbocycles. The fourth-order valence-electron chi connectivity index (χ4n) is 0.546. The molecule has 0 aliphatic heterocycles. The molecule has 1 atom stereocenters. The fraction of sp³-hybridized carbons (Fsp3) is 0.429. The largest absolute Gasteiger partial charge is 0.740 e. The molecule has 0 aromatic heterocycles. The minimum atomic E-state index is -2.88. The van der Waals surface area contributed by atoms with Gasteiger partial charge in [0.1, 0.15) is 18.0 Å². The van der Waals surface area contributed by atoms with E-state index in [4.69, 9.17) is 0 Å². The molecule has 0 spiro atoms. The van der Waals surface area contributed by atoms with Crippen molar-refractivity contribution in [3.63, 3.8) is 0 Å². The SMILES string of the molecule is C=CCOC(=O)CCC(=O)OS(=O)[O-]. The summed E-state index contributed by atoms with van der Waals surface area (Å²) in [6, 6.07) is 0. The van der Waals surface area contributed by atoms with E-state index in [0.717, 1.165) is 0 Å². The van der Waals surface area contributed by atoms with E-state index < -0.39 is 23.3 Å². The molecule has 0 aromatic rings. The molecule has 6 nitrogen and oxygen atoms in total. The van der Waals surface area contributed by atoms with Crippen molar-refractivity contribution in [3.05, 3.63) is 12.7 Å². The molecule has 0 aromatic carbocycles. The van der Waals surface area contributed by atoms with Crippen LogP contribution in [0.1, 0.15) is 12.8 Å². The first-order valence-electron chi connectivity index (χ1n) is 3.63. The smallest absolute Gasteiger partial charge is 0.319 e. The number of esters is 1. The predicted molar refractivity (Wildman–Crippen MR) is 45.4 cm³/mol. The number of hydrogen-bond acceptors (Lipinski definition) is 6. The van der Waals surface area contributed by atoms with E-state index in [-0.39, 0.29) is 19.4 Å². The Kier molecular flexibility index (Phi) is 6.59. The highest BCUT2D eigenvalue weighted by Gasteiger charge is 2.08. The lowest BCUT2D eigenvalue weighted by Crippen LogP contribution is -2.11. The molecule has 0 rings (SSSR count). The Labute approximate surface area is 83.4 Å². The van der Waals surface area contributed by atoms with Crippen molar-refractivity contribution in [3.8, 4) is 0 Å². The number of carbonyl (C=O) groups excluding carboxylic acids is 2. The summed E-state index contributed by atoms with van der Waals surface area (Å²) in [5.41, 5.74) is 0. The van der Waals surface area contributed by atoms with Crippen LogP contribution in [0, 0.1) is 0 Å². The second-order valence-electron chi connectivity index (χ2n) is 2.13. The highest BCUT2D eigenvalue weighted by Crippen LogP contribution is 1.96. The molecule has 0 heterocycles. The van der Waals surface area contributed by atoms with E-state index in [1.54, 1.807) is 0 Å². The van der Waals surface area contributed by atoms with Gasteiger partial charge in [-0.15, -0.1) is 0 Å². The Hall–Kier alpha value is -1.21. The van der Waals surface area contributed by atoms with Crippen LogP contribution in [0.25, 0.3) is 0 Å². The van der Waals surface area contributed by atoms with E-state index in [9.17, 15) is 18.4 Å². The third kappa shape index (κ3) is 7.44. The average Bonchev–Trinajstić information content (AvgIpc) is 2.10. The minimum absolute atomic E-state index is 0.0569. The van der Waals surface area contributed by atoms with Gasteiger partial charge in [0.25, 0.3) is 0 Å². The van der Waals surface area contributed by atoms with Crippen LogP contribution in [0.15, 0.2) is 12.7 Å². The van der Waals surface area contributed by atoms with Gasteiger partial charge in [-0.05, 0) is 0 Å². The summed E-state index contributed by atoms with van der Waals surface area (Å²) in [5.74, 6) is -1.60. The third-order valence-corrected chi connectivity index (χ3v) is 1.38. The number of ether oxygens (including phenoxy) is 1. The van der Waals surface area contributed by atoms with Crippen LogP contribution in [-0.2, 0) is 29.9 Å². The first kappa shape index (κ1) is 12.8. The van der Waals surface area contributed by atoms with Crippen molar-refractivity contribution in [2.45, 2.75) is 12.8 Å². The minimum Gasteiger partial charge on any atom is -0.740 e. The summed E-state index contributed by atoms with van der Waals surface area (Å²) < 4.78 is 28.0. The molecule has 0 aliphatic rings. The topological polar surface area (TPSA) is 92.7 Å². The Morgan fingerprint density at radius 1 is 1.36 bits per heavy atom. The van der Waals surface area contributed by atoms with E-state index in [1.165, 1.54) is 6.08 Å². The van der Waals surface area contributed by atoms with Crippen LogP contribution in [-0.4, -0.2) is 27.3 Å². The van der Waals surface area contributed by atoms with Gasteiger partial charge in [0.15, 0.2) is 0 Å². The highest BCUT2D eigenvalue weighted by molar-refractivity contribution is 7.74. The van der Waals surface area contributed by atoms with Crippen molar-refractivity contribution in [2.75, 3.05) is 6.61 Å². The molecule has 80 valence electrons. The van der Waals surface area contributed by atoms with Gasteiger partial charge in [-0.3, -0.25) is 9.59 Å². The van der Waals surface area contributed by atoms with Crippen LogP contribution in [0.2, 0.25) is 0 Å². The molecule has 14 heavy (non-hydrogen) atoms. The maximum Gasteiger partial charge on any atom is 0.319 e. The highest BCUT2D eigenvalue weighted by atomic mass is 32.2. The molecule has 0 bridgehead atoms. The van der Waals surface area contributed by atoms with E-state index >= 15 is 0 Å². The summed E-state index contributed by atoms with van der Waals surface area (Å²) in [5, 5.41) is 0. The zero-order valence-corrected chi connectivity index (χ0v) is 8.08. The fourth-order valence-corrected chi connectivity index (χ4v) is 0.781. The Bertz CT molecular complexity index is 249. The summed E-state index contributed by atoms with van der Waals surface area (Å²) in [6.45, 7) is 3.37. The quantitative estimate of drug-likeness (QED) is 0.351. The Balaban J connectivity index is 3.60. The normalized spacial score (nSPS) is 11.5. The van der Waals surface area contributed by atoms with Crippen molar-refractivity contribution < 1.29 is 27.3 Å². The molecule has 0 radical (unpaired) electrons. The molecular formula is C7H9O6S-. The van der Waals surface area contributed by atoms with Gasteiger partial charge < -0.3 is 13.5 Å². The van der Waals surface area contributed by atoms with Crippen molar-refractivity contribution in [2.24, 2.45) is 0 Å². The molecule has 0 saturated carbocycles. The maximum atomic E-state index is 10.8. The lowest BCUT2D eigenvalue weighted by atomic mass is 10.3. The van der Waals surface area contributed by atoms with Gasteiger partial charge in [-0.25, -0.2) is 4.21 Å². The predicted octanol–water partition coefficient (Wildman–Crippen LogP) is -0.167. The lowest BCUT2D eigenvalue weighted by molar-refractivity contribution is -0.145. The van der Waals surface area contributed by atoms with Gasteiger partial charge >= 0.3 is 11.9 Å². The second kappa shape index (κ2) is 7.22. The number of rotatable bonds is 6. The third-order valence-electron chi connectivity index (χ3n) is 1.06. The van der Waals surface area contributed by atoms with Gasteiger partial charge in [-0.2, -0.15) is 0 Å². The Morgan fingerprint density at radius 2 is 1.93 bits per heavy atom. The molecular weight excluding hydrogens is 212 g/mol. The zero-order valence-electron chi connectivity index (χ0n) is 7.26. The van der Waals surface area contributed by atoms with Crippen molar-refractivity contribution in [1.82, 2.24) is 0 Å². The monoisotopic (exact) mass is 221 g/mol. The van der Waals surface area contributed by atoms with Crippen molar-refractivity contribution >= 4 is 23.3 Å². The second-order valence-corrected chi connectivity index (χ2v) is 2.71. The van der Waals surface area contributed by atoms with Crippen LogP contribution < -0.4 is 0 Å². The van der Waals surface area contributed by atoms with Crippen molar-refractivity contribution in [1.29, 1.82) is 0 Å². The summed E-state index contributed by atoms with van der Waals surface area (Å²) in [4.78, 5) is 21.3. The summed E-state index contributed by atoms with van der Waals surface area (Å²) in [6.07, 6.45) is 0.830. The van der Waals surface area contributed by atoms with E-state index in [1.807, 2.05) is 0 Å². The Morgan fingerprint density at radius 3 is 2.43 bits per heavy atom. The van der Waals surface area contributed by atoms with E-state index in [2.05, 4.69) is 15.5 Å². The first-order valence-corrected chi connectivity index (χ1v) is 4.63. The molecule has 7 heteroatoms. The molecule has 0 saturated heterocycles. The van der Waals surface area contributed by atoms with Gasteiger partial charge in [-0.1, -0.05) is 12.7 Å². The number of hydrogen-bond donors (Lipinski definition) is 0. The zero-order chi connectivity index (χ0) is 11.0. The molecule has 1 unspecified atom stereocenters. The van der Waals surface area contributed by atoms with Gasteiger partial charge in [0.2, 0.25) is 0 Å². The van der Waals surface area contributed by atoms with Crippen LogP contribution in [0.5, 0.6) is 0 Å². The number of carbonyl (C=O) groups is 2.